The summed E-state index contributed by atoms with van der Waals surface area (Å²) in [6.07, 6.45) is 8.19. The quantitative estimate of drug-likeness (QED) is 0.520. The van der Waals surface area contributed by atoms with Crippen molar-refractivity contribution in [3.63, 3.8) is 0 Å². The fourth-order valence-electron chi connectivity index (χ4n) is 4.58. The average molecular weight is 401 g/mol. The number of carboxylic acid groups (broad SMARTS) is 1. The SMILES string of the molecule is C=CCCC(C)[C@H](O)/C=C/[C@@H]1[C@H]2c3cccc(CCCC(=O)O)c3O[C@H]2C[C@H]1O. The zero-order chi connectivity index (χ0) is 21.0. The number of carboxylic acids is 1. The number of aliphatic hydroxyl groups excluding tert-OH is 2. The van der Waals surface area contributed by atoms with E-state index < -0.39 is 18.2 Å². The summed E-state index contributed by atoms with van der Waals surface area (Å²) in [5.41, 5.74) is 2.12. The van der Waals surface area contributed by atoms with Gasteiger partial charge in [0.1, 0.15) is 11.9 Å². The number of fused-ring (bicyclic) bond motifs is 3. The van der Waals surface area contributed by atoms with Gasteiger partial charge in [-0.25, -0.2) is 0 Å². The molecule has 29 heavy (non-hydrogen) atoms. The lowest BCUT2D eigenvalue weighted by Crippen LogP contribution is -2.19. The van der Waals surface area contributed by atoms with E-state index in [4.69, 9.17) is 9.84 Å². The van der Waals surface area contributed by atoms with E-state index in [0.29, 0.717) is 19.3 Å². The highest BCUT2D eigenvalue weighted by Gasteiger charge is 2.48. The molecule has 6 atom stereocenters. The number of allylic oxidation sites excluding steroid dienone is 1. The van der Waals surface area contributed by atoms with Gasteiger partial charge in [0.2, 0.25) is 0 Å². The molecule has 1 heterocycles. The molecule has 0 bridgehead atoms. The van der Waals surface area contributed by atoms with Gasteiger partial charge in [0, 0.05) is 30.2 Å². The standard InChI is InChI=1S/C24H32O5/c1-3-4-7-15(2)19(25)13-12-17-20(26)14-21-23(17)18-10-5-8-16(24(18)29-21)9-6-11-22(27)28/h3,5,8,10,12-13,15,17,19-21,23,25-26H,1,4,6-7,9,11,14H2,2H3,(H,27,28)/b13-12+/t15?,17-,19+,20+,21-,23-/m0/s1. The summed E-state index contributed by atoms with van der Waals surface area (Å²) in [4.78, 5) is 10.8. The van der Waals surface area contributed by atoms with Crippen LogP contribution in [0.3, 0.4) is 0 Å². The zero-order valence-electron chi connectivity index (χ0n) is 17.0. The van der Waals surface area contributed by atoms with E-state index in [1.54, 1.807) is 0 Å². The first-order valence-electron chi connectivity index (χ1n) is 10.6. The Morgan fingerprint density at radius 2 is 2.21 bits per heavy atom. The van der Waals surface area contributed by atoms with Crippen LogP contribution < -0.4 is 4.74 Å². The van der Waals surface area contributed by atoms with Crippen LogP contribution in [0.4, 0.5) is 0 Å². The molecule has 3 N–H and O–H groups in total. The predicted octanol–water partition coefficient (Wildman–Crippen LogP) is 3.84. The van der Waals surface area contributed by atoms with Gasteiger partial charge in [-0.1, -0.05) is 43.4 Å². The minimum absolute atomic E-state index is 0.0614. The third kappa shape index (κ3) is 4.90. The molecule has 5 heteroatoms. The molecule has 0 spiro atoms. The molecule has 2 aliphatic rings. The van der Waals surface area contributed by atoms with Crippen molar-refractivity contribution in [2.75, 3.05) is 0 Å². The molecule has 1 unspecified atom stereocenters. The van der Waals surface area contributed by atoms with E-state index in [0.717, 1.165) is 29.7 Å². The average Bonchev–Trinajstić information content (AvgIpc) is 3.19. The summed E-state index contributed by atoms with van der Waals surface area (Å²) in [6, 6.07) is 6.02. The van der Waals surface area contributed by atoms with Gasteiger partial charge in [-0.2, -0.15) is 0 Å². The van der Waals surface area contributed by atoms with Crippen LogP contribution in [0.25, 0.3) is 0 Å². The largest absolute Gasteiger partial charge is 0.489 e. The molecule has 1 aromatic rings. The first-order valence-corrected chi connectivity index (χ1v) is 10.6. The zero-order valence-corrected chi connectivity index (χ0v) is 17.0. The van der Waals surface area contributed by atoms with Crippen LogP contribution in [0.5, 0.6) is 5.75 Å². The number of aliphatic hydroxyl groups is 2. The van der Waals surface area contributed by atoms with Gasteiger partial charge in [0.15, 0.2) is 0 Å². The lowest BCUT2D eigenvalue weighted by molar-refractivity contribution is -0.137. The van der Waals surface area contributed by atoms with Crippen LogP contribution >= 0.6 is 0 Å². The smallest absolute Gasteiger partial charge is 0.303 e. The Morgan fingerprint density at radius 3 is 2.93 bits per heavy atom. The monoisotopic (exact) mass is 400 g/mol. The van der Waals surface area contributed by atoms with Crippen LogP contribution in [0.1, 0.15) is 56.1 Å². The molecule has 1 fully saturated rings. The Bertz CT molecular complexity index is 756. The van der Waals surface area contributed by atoms with Gasteiger partial charge in [0.05, 0.1) is 12.2 Å². The van der Waals surface area contributed by atoms with Crippen LogP contribution in [0, 0.1) is 11.8 Å². The second kappa shape index (κ2) is 9.59. The van der Waals surface area contributed by atoms with Gasteiger partial charge in [-0.15, -0.1) is 6.58 Å². The molecule has 0 aromatic heterocycles. The highest BCUT2D eigenvalue weighted by molar-refractivity contribution is 5.66. The molecule has 0 amide bonds. The van der Waals surface area contributed by atoms with Crippen LogP contribution in [0.2, 0.25) is 0 Å². The molecule has 0 saturated heterocycles. The summed E-state index contributed by atoms with van der Waals surface area (Å²) in [5, 5.41) is 29.9. The van der Waals surface area contributed by atoms with Gasteiger partial charge in [-0.05, 0) is 37.2 Å². The van der Waals surface area contributed by atoms with E-state index in [2.05, 4.69) is 6.58 Å². The molecule has 158 valence electrons. The highest BCUT2D eigenvalue weighted by atomic mass is 16.5. The number of aryl methyl sites for hydroxylation is 1. The molecule has 1 aliphatic heterocycles. The van der Waals surface area contributed by atoms with Crippen molar-refractivity contribution < 1.29 is 24.9 Å². The Labute approximate surface area is 172 Å². The first kappa shape index (κ1) is 21.6. The molecule has 1 saturated carbocycles. The topological polar surface area (TPSA) is 87.0 Å². The molecule has 3 rings (SSSR count). The van der Waals surface area contributed by atoms with Crippen LogP contribution in [-0.4, -0.2) is 39.6 Å². The van der Waals surface area contributed by atoms with E-state index in [1.807, 2.05) is 43.4 Å². The minimum Gasteiger partial charge on any atom is -0.489 e. The van der Waals surface area contributed by atoms with Crippen LogP contribution in [0.15, 0.2) is 43.0 Å². The predicted molar refractivity (Wildman–Crippen MR) is 112 cm³/mol. The first-order chi connectivity index (χ1) is 13.9. The number of hydrogen-bond donors (Lipinski definition) is 3. The highest BCUT2D eigenvalue weighted by Crippen LogP contribution is 2.52. The molecule has 5 nitrogen and oxygen atoms in total. The van der Waals surface area contributed by atoms with Crippen molar-refractivity contribution in [2.24, 2.45) is 11.8 Å². The van der Waals surface area contributed by atoms with Gasteiger partial charge in [0.25, 0.3) is 0 Å². The fraction of sp³-hybridized carbons (Fsp3) is 0.542. The maximum atomic E-state index is 10.8. The molecule has 0 radical (unpaired) electrons. The van der Waals surface area contributed by atoms with E-state index in [1.165, 1.54) is 0 Å². The molecular formula is C24H32O5. The Balaban J connectivity index is 1.73. The summed E-state index contributed by atoms with van der Waals surface area (Å²) in [5.74, 6) is 0.164. The molecule has 1 aliphatic carbocycles. The van der Waals surface area contributed by atoms with Gasteiger partial charge < -0.3 is 20.1 Å². The lowest BCUT2D eigenvalue weighted by Gasteiger charge is -2.19. The summed E-state index contributed by atoms with van der Waals surface area (Å²) >= 11 is 0. The summed E-state index contributed by atoms with van der Waals surface area (Å²) in [6.45, 7) is 5.74. The van der Waals surface area contributed by atoms with Crippen molar-refractivity contribution in [1.29, 1.82) is 0 Å². The molecule has 1 aromatic carbocycles. The van der Waals surface area contributed by atoms with Crippen molar-refractivity contribution >= 4 is 5.97 Å². The van der Waals surface area contributed by atoms with Crippen molar-refractivity contribution in [1.82, 2.24) is 0 Å². The Kier molecular flexibility index (Phi) is 7.14. The van der Waals surface area contributed by atoms with E-state index in [9.17, 15) is 15.0 Å². The number of carbonyl (C=O) groups is 1. The number of hydrogen-bond acceptors (Lipinski definition) is 4. The Morgan fingerprint density at radius 1 is 1.41 bits per heavy atom. The van der Waals surface area contributed by atoms with Crippen molar-refractivity contribution in [3.05, 3.63) is 54.1 Å². The van der Waals surface area contributed by atoms with Gasteiger partial charge in [-0.3, -0.25) is 4.79 Å². The van der Waals surface area contributed by atoms with Crippen molar-refractivity contribution in [3.8, 4) is 5.75 Å². The van der Waals surface area contributed by atoms with E-state index >= 15 is 0 Å². The minimum atomic E-state index is -0.787. The fourth-order valence-corrected chi connectivity index (χ4v) is 4.58. The maximum absolute atomic E-state index is 10.8. The second-order valence-corrected chi connectivity index (χ2v) is 8.36. The third-order valence-corrected chi connectivity index (χ3v) is 6.27. The number of aliphatic carboxylic acids is 1. The van der Waals surface area contributed by atoms with E-state index in [-0.39, 0.29) is 30.3 Å². The van der Waals surface area contributed by atoms with Crippen LogP contribution in [-0.2, 0) is 11.2 Å². The maximum Gasteiger partial charge on any atom is 0.303 e. The number of rotatable bonds is 10. The normalized spacial score (nSPS) is 27.3. The second-order valence-electron chi connectivity index (χ2n) is 8.36. The number of ether oxygens (including phenoxy) is 1. The third-order valence-electron chi connectivity index (χ3n) is 6.27. The molecular weight excluding hydrogens is 368 g/mol. The van der Waals surface area contributed by atoms with Gasteiger partial charge >= 0.3 is 5.97 Å². The van der Waals surface area contributed by atoms with Crippen molar-refractivity contribution in [2.45, 2.75) is 69.7 Å². The number of para-hydroxylation sites is 1. The number of benzene rings is 1. The lowest BCUT2D eigenvalue weighted by atomic mass is 9.86. The Hall–Kier alpha value is -2.11. The summed E-state index contributed by atoms with van der Waals surface area (Å²) < 4.78 is 6.21. The summed E-state index contributed by atoms with van der Waals surface area (Å²) in [7, 11) is 0.